The molecular weight excluding hydrogens is 389 g/mol. The average Bonchev–Trinajstić information content (AvgIpc) is 2.73. The number of amides is 1. The summed E-state index contributed by atoms with van der Waals surface area (Å²) in [7, 11) is 0. The smallest absolute Gasteiger partial charge is 0.226 e. The molecule has 1 amide bonds. The average molecular weight is 404 g/mol. The van der Waals surface area contributed by atoms with Crippen molar-refractivity contribution in [1.29, 1.82) is 0 Å². The first-order valence-corrected chi connectivity index (χ1v) is 7.67. The van der Waals surface area contributed by atoms with Crippen LogP contribution in [-0.4, -0.2) is 15.7 Å². The zero-order valence-corrected chi connectivity index (χ0v) is 14.2. The molecule has 0 aliphatic heterocycles. The Bertz CT molecular complexity index is 639. The van der Waals surface area contributed by atoms with Crippen molar-refractivity contribution >= 4 is 45.8 Å². The van der Waals surface area contributed by atoms with Gasteiger partial charge in [-0.25, -0.2) is 0 Å². The Morgan fingerprint density at radius 2 is 2.20 bits per heavy atom. The molecule has 0 fully saturated rings. The fraction of sp³-hybridized carbons (Fsp3) is 0.286. The number of aromatic nitrogens is 2. The molecule has 0 atom stereocenters. The molecule has 2 rings (SSSR count). The van der Waals surface area contributed by atoms with Crippen molar-refractivity contribution in [2.45, 2.75) is 26.8 Å². The lowest BCUT2D eigenvalue weighted by Crippen LogP contribution is -2.16. The second kappa shape index (κ2) is 6.58. The van der Waals surface area contributed by atoms with Gasteiger partial charge in [0, 0.05) is 22.8 Å². The molecule has 1 aromatic carbocycles. The third-order valence-corrected chi connectivity index (χ3v) is 4.60. The summed E-state index contributed by atoms with van der Waals surface area (Å²) >= 11 is 8.26. The van der Waals surface area contributed by atoms with Gasteiger partial charge < -0.3 is 5.32 Å². The molecule has 0 bridgehead atoms. The molecule has 0 saturated heterocycles. The maximum Gasteiger partial charge on any atom is 0.226 e. The van der Waals surface area contributed by atoms with Crippen LogP contribution in [0.1, 0.15) is 17.7 Å². The molecule has 106 valence electrons. The molecule has 1 heterocycles. The van der Waals surface area contributed by atoms with E-state index in [1.165, 1.54) is 0 Å². The fourth-order valence-electron chi connectivity index (χ4n) is 1.81. The van der Waals surface area contributed by atoms with Crippen LogP contribution < -0.4 is 5.32 Å². The predicted octanol–water partition coefficient (Wildman–Crippen LogP) is 3.79. The highest BCUT2D eigenvalue weighted by atomic mass is 127. The number of halogens is 2. The van der Waals surface area contributed by atoms with E-state index in [0.29, 0.717) is 18.0 Å². The second-order valence-corrected chi connectivity index (χ2v) is 6.08. The van der Waals surface area contributed by atoms with E-state index in [-0.39, 0.29) is 5.91 Å². The monoisotopic (exact) mass is 403 g/mol. The fourth-order valence-corrected chi connectivity index (χ4v) is 2.39. The van der Waals surface area contributed by atoms with Crippen molar-refractivity contribution in [3.63, 3.8) is 0 Å². The van der Waals surface area contributed by atoms with E-state index in [2.05, 4.69) is 33.0 Å². The summed E-state index contributed by atoms with van der Waals surface area (Å²) in [5, 5.41) is 7.77. The first kappa shape index (κ1) is 15.3. The summed E-state index contributed by atoms with van der Waals surface area (Å²) in [6, 6.07) is 5.48. The SMILES string of the molecule is Cc1c(Cl)cccc1NC(=O)CCn1ncc(I)c1C. The van der Waals surface area contributed by atoms with Gasteiger partial charge in [0.25, 0.3) is 0 Å². The van der Waals surface area contributed by atoms with E-state index in [0.717, 1.165) is 20.5 Å². The molecule has 1 N–H and O–H groups in total. The minimum Gasteiger partial charge on any atom is -0.326 e. The van der Waals surface area contributed by atoms with E-state index in [9.17, 15) is 4.79 Å². The quantitative estimate of drug-likeness (QED) is 0.790. The molecule has 0 spiro atoms. The molecule has 0 saturated carbocycles. The Morgan fingerprint density at radius 1 is 1.45 bits per heavy atom. The largest absolute Gasteiger partial charge is 0.326 e. The van der Waals surface area contributed by atoms with Crippen LogP contribution in [0.4, 0.5) is 5.69 Å². The van der Waals surface area contributed by atoms with Crippen LogP contribution in [0.15, 0.2) is 24.4 Å². The number of anilines is 1. The van der Waals surface area contributed by atoms with E-state index >= 15 is 0 Å². The molecule has 0 unspecified atom stereocenters. The van der Waals surface area contributed by atoms with Crippen LogP contribution in [-0.2, 0) is 11.3 Å². The summed E-state index contributed by atoms with van der Waals surface area (Å²) < 4.78 is 2.94. The van der Waals surface area contributed by atoms with Gasteiger partial charge in [-0.05, 0) is 54.1 Å². The Balaban J connectivity index is 1.96. The lowest BCUT2D eigenvalue weighted by atomic mass is 10.2. The van der Waals surface area contributed by atoms with Crippen molar-refractivity contribution in [1.82, 2.24) is 9.78 Å². The third kappa shape index (κ3) is 3.52. The topological polar surface area (TPSA) is 46.9 Å². The highest BCUT2D eigenvalue weighted by molar-refractivity contribution is 14.1. The van der Waals surface area contributed by atoms with Crippen LogP contribution in [0.5, 0.6) is 0 Å². The van der Waals surface area contributed by atoms with Gasteiger partial charge in [0.15, 0.2) is 0 Å². The van der Waals surface area contributed by atoms with Crippen LogP contribution >= 0.6 is 34.2 Å². The first-order chi connectivity index (χ1) is 9.49. The summed E-state index contributed by atoms with van der Waals surface area (Å²) in [4.78, 5) is 12.0. The van der Waals surface area contributed by atoms with Gasteiger partial charge in [0.1, 0.15) is 0 Å². The minimum absolute atomic E-state index is 0.0414. The van der Waals surface area contributed by atoms with Crippen molar-refractivity contribution in [3.8, 4) is 0 Å². The normalized spacial score (nSPS) is 10.6. The molecule has 2 aromatic rings. The standard InChI is InChI=1S/C14H15ClIN3O/c1-9-11(15)4-3-5-13(9)18-14(20)6-7-19-10(2)12(16)8-17-19/h3-5,8H,6-7H2,1-2H3,(H,18,20). The van der Waals surface area contributed by atoms with Gasteiger partial charge in [-0.2, -0.15) is 5.10 Å². The molecule has 0 aliphatic carbocycles. The lowest BCUT2D eigenvalue weighted by Gasteiger charge is -2.10. The molecule has 1 aromatic heterocycles. The van der Waals surface area contributed by atoms with Gasteiger partial charge in [-0.3, -0.25) is 9.48 Å². The first-order valence-electron chi connectivity index (χ1n) is 6.22. The van der Waals surface area contributed by atoms with Crippen molar-refractivity contribution < 1.29 is 4.79 Å². The Labute approximate surface area is 136 Å². The highest BCUT2D eigenvalue weighted by Crippen LogP contribution is 2.23. The van der Waals surface area contributed by atoms with E-state index < -0.39 is 0 Å². The van der Waals surface area contributed by atoms with Crippen molar-refractivity contribution in [2.24, 2.45) is 0 Å². The van der Waals surface area contributed by atoms with Gasteiger partial charge in [0.2, 0.25) is 5.91 Å². The van der Waals surface area contributed by atoms with E-state index in [1.807, 2.05) is 36.7 Å². The number of hydrogen-bond donors (Lipinski definition) is 1. The van der Waals surface area contributed by atoms with E-state index in [1.54, 1.807) is 6.20 Å². The number of benzene rings is 1. The van der Waals surface area contributed by atoms with Crippen LogP contribution in [0.3, 0.4) is 0 Å². The molecule has 20 heavy (non-hydrogen) atoms. The summed E-state index contributed by atoms with van der Waals surface area (Å²) in [6.07, 6.45) is 2.18. The van der Waals surface area contributed by atoms with Crippen molar-refractivity contribution in [2.75, 3.05) is 5.32 Å². The van der Waals surface area contributed by atoms with Gasteiger partial charge >= 0.3 is 0 Å². The Kier molecular flexibility index (Phi) is 5.04. The predicted molar refractivity (Wildman–Crippen MR) is 89.1 cm³/mol. The number of aryl methyl sites for hydroxylation is 1. The van der Waals surface area contributed by atoms with Gasteiger partial charge in [-0.1, -0.05) is 17.7 Å². The number of nitrogens with one attached hydrogen (secondary N) is 1. The highest BCUT2D eigenvalue weighted by Gasteiger charge is 2.09. The summed E-state index contributed by atoms with van der Waals surface area (Å²) in [5.74, 6) is -0.0414. The Morgan fingerprint density at radius 3 is 2.85 bits per heavy atom. The number of carbonyl (C=O) groups is 1. The zero-order valence-electron chi connectivity index (χ0n) is 11.3. The number of rotatable bonds is 4. The molecule has 0 aliphatic rings. The number of carbonyl (C=O) groups excluding carboxylic acids is 1. The molecule has 6 heteroatoms. The second-order valence-electron chi connectivity index (χ2n) is 4.51. The lowest BCUT2D eigenvalue weighted by molar-refractivity contribution is -0.116. The zero-order chi connectivity index (χ0) is 14.7. The van der Waals surface area contributed by atoms with Crippen LogP contribution in [0.2, 0.25) is 5.02 Å². The molecule has 4 nitrogen and oxygen atoms in total. The summed E-state index contributed by atoms with van der Waals surface area (Å²) in [5.41, 5.74) is 2.72. The van der Waals surface area contributed by atoms with Crippen LogP contribution in [0, 0.1) is 17.4 Å². The van der Waals surface area contributed by atoms with Crippen molar-refractivity contribution in [3.05, 3.63) is 44.2 Å². The van der Waals surface area contributed by atoms with Crippen LogP contribution in [0.25, 0.3) is 0 Å². The Hall–Kier alpha value is -1.08. The van der Waals surface area contributed by atoms with Gasteiger partial charge in [0.05, 0.1) is 16.3 Å². The van der Waals surface area contributed by atoms with E-state index in [4.69, 9.17) is 11.6 Å². The molecule has 0 radical (unpaired) electrons. The van der Waals surface area contributed by atoms with Gasteiger partial charge in [-0.15, -0.1) is 0 Å². The summed E-state index contributed by atoms with van der Waals surface area (Å²) in [6.45, 7) is 4.45. The number of nitrogens with zero attached hydrogens (tertiary/aromatic N) is 2. The third-order valence-electron chi connectivity index (χ3n) is 3.14. The molecular formula is C14H15ClIN3O. The maximum absolute atomic E-state index is 12.0. The minimum atomic E-state index is -0.0414. The number of hydrogen-bond acceptors (Lipinski definition) is 2. The maximum atomic E-state index is 12.0.